The molecule has 0 aliphatic heterocycles. The third-order valence-corrected chi connectivity index (χ3v) is 5.46. The van der Waals surface area contributed by atoms with Gasteiger partial charge in [-0.2, -0.15) is 5.10 Å². The molecule has 4 aromatic rings. The summed E-state index contributed by atoms with van der Waals surface area (Å²) in [6.45, 7) is 0.304. The normalized spacial score (nSPS) is 11.2. The number of aromatic nitrogens is 2. The maximum Gasteiger partial charge on any atom is 0.349 e. The molecule has 0 atom stereocenters. The van der Waals surface area contributed by atoms with Gasteiger partial charge in [-0.15, -0.1) is 4.68 Å². The summed E-state index contributed by atoms with van der Waals surface area (Å²) in [6.07, 6.45) is 1.36. The first-order valence-electron chi connectivity index (χ1n) is 9.49. The number of fused-ring (bicyclic) bond motifs is 1. The van der Waals surface area contributed by atoms with Crippen LogP contribution in [0.1, 0.15) is 11.1 Å². The minimum atomic E-state index is -0.641. The molecule has 0 aliphatic rings. The molecule has 0 fully saturated rings. The van der Waals surface area contributed by atoms with Gasteiger partial charge in [-0.05, 0) is 47.5 Å². The van der Waals surface area contributed by atoms with E-state index in [1.165, 1.54) is 13.3 Å². The van der Waals surface area contributed by atoms with Crippen LogP contribution >= 0.6 is 27.5 Å². The predicted molar refractivity (Wildman–Crippen MR) is 128 cm³/mol. The first kappa shape index (κ1) is 21.9. The van der Waals surface area contributed by atoms with E-state index in [0.717, 1.165) is 14.7 Å². The lowest BCUT2D eigenvalue weighted by Crippen LogP contribution is -2.32. The van der Waals surface area contributed by atoms with Gasteiger partial charge in [-0.3, -0.25) is 4.79 Å². The molecule has 1 aromatic heterocycles. The Morgan fingerprint density at radius 2 is 1.88 bits per heavy atom. The Hall–Kier alpha value is -3.36. The highest BCUT2D eigenvalue weighted by atomic mass is 79.9. The second-order valence-electron chi connectivity index (χ2n) is 6.79. The molecule has 1 heterocycles. The molecule has 1 N–H and O–H groups in total. The van der Waals surface area contributed by atoms with Gasteiger partial charge in [-0.1, -0.05) is 51.8 Å². The standard InChI is InChI=1S/C23H17BrClN3O4/c1-31-20-11-15(10-18(25)21(20)32-13-14-6-8-16(24)9-7-14)12-26-28-22(29)17-4-2-3-5-19(17)27-23(28)30/h2-12H,13H2,1H3,(H,27,30). The molecule has 0 saturated heterocycles. The third-order valence-electron chi connectivity index (χ3n) is 4.65. The molecule has 162 valence electrons. The number of aromatic amines is 1. The van der Waals surface area contributed by atoms with E-state index in [1.807, 2.05) is 24.3 Å². The van der Waals surface area contributed by atoms with Gasteiger partial charge in [0.1, 0.15) is 6.61 Å². The number of para-hydroxylation sites is 1. The molecule has 0 bridgehead atoms. The highest BCUT2D eigenvalue weighted by Gasteiger charge is 2.12. The van der Waals surface area contributed by atoms with Crippen LogP contribution in [0.3, 0.4) is 0 Å². The molecule has 0 unspecified atom stereocenters. The summed E-state index contributed by atoms with van der Waals surface area (Å²) in [7, 11) is 1.50. The lowest BCUT2D eigenvalue weighted by atomic mass is 10.2. The van der Waals surface area contributed by atoms with E-state index in [9.17, 15) is 9.59 Å². The van der Waals surface area contributed by atoms with E-state index in [0.29, 0.717) is 39.6 Å². The van der Waals surface area contributed by atoms with Crippen molar-refractivity contribution >= 4 is 44.6 Å². The Balaban J connectivity index is 1.62. The Labute approximate surface area is 196 Å². The largest absolute Gasteiger partial charge is 0.493 e. The number of hydrogen-bond acceptors (Lipinski definition) is 5. The fourth-order valence-corrected chi connectivity index (χ4v) is 3.61. The van der Waals surface area contributed by atoms with Crippen LogP contribution in [0.15, 0.2) is 79.8 Å². The molecular weight excluding hydrogens is 498 g/mol. The number of rotatable bonds is 6. The summed E-state index contributed by atoms with van der Waals surface area (Å²) >= 11 is 9.82. The molecule has 32 heavy (non-hydrogen) atoms. The maximum absolute atomic E-state index is 12.6. The summed E-state index contributed by atoms with van der Waals surface area (Å²) in [5, 5.41) is 4.72. The van der Waals surface area contributed by atoms with Crippen LogP contribution in [0.2, 0.25) is 5.02 Å². The van der Waals surface area contributed by atoms with Crippen molar-refractivity contribution < 1.29 is 9.47 Å². The van der Waals surface area contributed by atoms with Crippen LogP contribution in [0.4, 0.5) is 0 Å². The minimum absolute atomic E-state index is 0.304. The molecule has 0 spiro atoms. The molecule has 0 saturated carbocycles. The molecule has 0 amide bonds. The number of halogens is 2. The van der Waals surface area contributed by atoms with Gasteiger partial charge in [0, 0.05) is 4.47 Å². The van der Waals surface area contributed by atoms with Crippen LogP contribution in [0, 0.1) is 0 Å². The van der Waals surface area contributed by atoms with Crippen molar-refractivity contribution in [3.8, 4) is 11.5 Å². The summed E-state index contributed by atoms with van der Waals surface area (Å²) in [5.41, 5.74) is 0.783. The SMILES string of the molecule is COc1cc(C=Nn2c(=O)[nH]c3ccccc3c2=O)cc(Cl)c1OCc1ccc(Br)cc1. The van der Waals surface area contributed by atoms with Gasteiger partial charge in [0.05, 0.1) is 29.2 Å². The number of nitrogens with zero attached hydrogens (tertiary/aromatic N) is 2. The van der Waals surface area contributed by atoms with E-state index >= 15 is 0 Å². The molecule has 7 nitrogen and oxygen atoms in total. The molecule has 0 radical (unpaired) electrons. The fourth-order valence-electron chi connectivity index (χ4n) is 3.07. The van der Waals surface area contributed by atoms with Gasteiger partial charge in [0.25, 0.3) is 5.56 Å². The molecule has 0 aliphatic carbocycles. The van der Waals surface area contributed by atoms with Gasteiger partial charge in [0.2, 0.25) is 0 Å². The highest BCUT2D eigenvalue weighted by molar-refractivity contribution is 9.10. The number of hydrogen-bond donors (Lipinski definition) is 1. The number of ether oxygens (including phenoxy) is 2. The van der Waals surface area contributed by atoms with E-state index in [-0.39, 0.29) is 0 Å². The lowest BCUT2D eigenvalue weighted by molar-refractivity contribution is 0.284. The Morgan fingerprint density at radius 3 is 2.62 bits per heavy atom. The van der Waals surface area contributed by atoms with Crippen LogP contribution in [0.5, 0.6) is 11.5 Å². The second kappa shape index (κ2) is 9.42. The van der Waals surface area contributed by atoms with E-state index < -0.39 is 11.2 Å². The third kappa shape index (κ3) is 4.61. The first-order valence-corrected chi connectivity index (χ1v) is 10.7. The van der Waals surface area contributed by atoms with Crippen molar-refractivity contribution in [2.24, 2.45) is 5.10 Å². The Morgan fingerprint density at radius 1 is 1.12 bits per heavy atom. The van der Waals surface area contributed by atoms with Crippen molar-refractivity contribution in [2.75, 3.05) is 7.11 Å². The van der Waals surface area contributed by atoms with Gasteiger partial charge in [-0.25, -0.2) is 4.79 Å². The van der Waals surface area contributed by atoms with Crippen molar-refractivity contribution in [1.82, 2.24) is 9.66 Å². The van der Waals surface area contributed by atoms with Crippen LogP contribution in [-0.2, 0) is 6.61 Å². The number of H-pyrrole nitrogens is 1. The van der Waals surface area contributed by atoms with E-state index in [1.54, 1.807) is 36.4 Å². The van der Waals surface area contributed by atoms with Crippen molar-refractivity contribution in [1.29, 1.82) is 0 Å². The monoisotopic (exact) mass is 513 g/mol. The average Bonchev–Trinajstić information content (AvgIpc) is 2.79. The van der Waals surface area contributed by atoms with Crippen LogP contribution in [0.25, 0.3) is 10.9 Å². The number of benzene rings is 3. The summed E-state index contributed by atoms with van der Waals surface area (Å²) in [5.74, 6) is 0.783. The minimum Gasteiger partial charge on any atom is -0.493 e. The lowest BCUT2D eigenvalue weighted by Gasteiger charge is -2.13. The highest BCUT2D eigenvalue weighted by Crippen LogP contribution is 2.36. The fraction of sp³-hybridized carbons (Fsp3) is 0.0870. The van der Waals surface area contributed by atoms with Gasteiger partial charge >= 0.3 is 5.69 Å². The zero-order valence-electron chi connectivity index (χ0n) is 16.8. The van der Waals surface area contributed by atoms with Crippen LogP contribution in [-0.4, -0.2) is 23.0 Å². The quantitative estimate of drug-likeness (QED) is 0.382. The Kier molecular flexibility index (Phi) is 6.43. The molecule has 4 rings (SSSR count). The predicted octanol–water partition coefficient (Wildman–Crippen LogP) is 4.58. The zero-order chi connectivity index (χ0) is 22.7. The topological polar surface area (TPSA) is 85.7 Å². The smallest absolute Gasteiger partial charge is 0.349 e. The van der Waals surface area contributed by atoms with E-state index in [2.05, 4.69) is 26.0 Å². The van der Waals surface area contributed by atoms with Crippen molar-refractivity contribution in [2.45, 2.75) is 6.61 Å². The molecule has 3 aromatic carbocycles. The Bertz CT molecular complexity index is 1430. The summed E-state index contributed by atoms with van der Waals surface area (Å²) in [6, 6.07) is 17.7. The molecular formula is C23H17BrClN3O4. The van der Waals surface area contributed by atoms with Crippen molar-refractivity contribution in [3.63, 3.8) is 0 Å². The summed E-state index contributed by atoms with van der Waals surface area (Å²) < 4.78 is 13.0. The zero-order valence-corrected chi connectivity index (χ0v) is 19.2. The van der Waals surface area contributed by atoms with Crippen LogP contribution < -0.4 is 20.7 Å². The summed E-state index contributed by atoms with van der Waals surface area (Å²) in [4.78, 5) is 27.5. The average molecular weight is 515 g/mol. The van der Waals surface area contributed by atoms with Gasteiger partial charge < -0.3 is 14.5 Å². The second-order valence-corrected chi connectivity index (χ2v) is 8.11. The number of nitrogens with one attached hydrogen (secondary N) is 1. The molecule has 9 heteroatoms. The maximum atomic E-state index is 12.6. The first-order chi connectivity index (χ1) is 15.5. The van der Waals surface area contributed by atoms with Gasteiger partial charge in [0.15, 0.2) is 11.5 Å². The van der Waals surface area contributed by atoms with E-state index in [4.69, 9.17) is 21.1 Å². The van der Waals surface area contributed by atoms with Crippen molar-refractivity contribution in [3.05, 3.63) is 102 Å². The number of methoxy groups -OCH3 is 1.